The summed E-state index contributed by atoms with van der Waals surface area (Å²) >= 11 is 0. The standard InChI is InChI=1S/C18H26N2O/c1-14(16-5-2-3-6-16)19-17-10-8-15(9-11-17)13-20-12-4-7-18(20)21/h8-11,14,16,19H,2-7,12-13H2,1H3. The summed E-state index contributed by atoms with van der Waals surface area (Å²) < 4.78 is 0. The summed E-state index contributed by atoms with van der Waals surface area (Å²) in [6, 6.07) is 9.16. The second-order valence-electron chi connectivity index (χ2n) is 6.59. The van der Waals surface area contributed by atoms with E-state index in [-0.39, 0.29) is 0 Å². The maximum Gasteiger partial charge on any atom is 0.222 e. The molecule has 2 aliphatic rings. The molecule has 0 radical (unpaired) electrons. The summed E-state index contributed by atoms with van der Waals surface area (Å²) in [4.78, 5) is 13.6. The number of benzene rings is 1. The molecule has 3 rings (SSSR count). The zero-order valence-corrected chi connectivity index (χ0v) is 13.0. The molecule has 1 aromatic rings. The Morgan fingerprint density at radius 2 is 1.90 bits per heavy atom. The SMILES string of the molecule is CC(Nc1ccc(CN2CCCC2=O)cc1)C1CCCC1. The zero-order chi connectivity index (χ0) is 14.7. The van der Waals surface area contributed by atoms with E-state index in [9.17, 15) is 4.79 Å². The van der Waals surface area contributed by atoms with Crippen LogP contribution in [0.1, 0.15) is 51.0 Å². The number of rotatable bonds is 5. The Hall–Kier alpha value is -1.51. The van der Waals surface area contributed by atoms with Crippen molar-refractivity contribution in [1.29, 1.82) is 0 Å². The fourth-order valence-corrected chi connectivity index (χ4v) is 3.64. The quantitative estimate of drug-likeness (QED) is 0.893. The molecule has 0 bridgehead atoms. The lowest BCUT2D eigenvalue weighted by atomic mass is 9.99. The van der Waals surface area contributed by atoms with Gasteiger partial charge in [-0.2, -0.15) is 0 Å². The van der Waals surface area contributed by atoms with Gasteiger partial charge in [-0.15, -0.1) is 0 Å². The fraction of sp³-hybridized carbons (Fsp3) is 0.611. The van der Waals surface area contributed by atoms with Crippen molar-refractivity contribution < 1.29 is 4.79 Å². The summed E-state index contributed by atoms with van der Waals surface area (Å²) in [5.74, 6) is 1.12. The molecule has 114 valence electrons. The van der Waals surface area contributed by atoms with Crippen molar-refractivity contribution in [3.05, 3.63) is 29.8 Å². The van der Waals surface area contributed by atoms with Gasteiger partial charge in [-0.1, -0.05) is 25.0 Å². The summed E-state index contributed by atoms with van der Waals surface area (Å²) in [5, 5.41) is 3.63. The van der Waals surface area contributed by atoms with E-state index in [1.165, 1.54) is 36.9 Å². The highest BCUT2D eigenvalue weighted by Crippen LogP contribution is 2.29. The van der Waals surface area contributed by atoms with Crippen molar-refractivity contribution in [2.45, 2.75) is 58.0 Å². The highest BCUT2D eigenvalue weighted by atomic mass is 16.2. The van der Waals surface area contributed by atoms with Crippen LogP contribution in [0.4, 0.5) is 5.69 Å². The average molecular weight is 286 g/mol. The number of likely N-dealkylation sites (tertiary alicyclic amines) is 1. The molecule has 2 fully saturated rings. The summed E-state index contributed by atoms with van der Waals surface area (Å²) in [6.45, 7) is 3.97. The smallest absolute Gasteiger partial charge is 0.222 e. The van der Waals surface area contributed by atoms with E-state index in [1.54, 1.807) is 0 Å². The van der Waals surface area contributed by atoms with Gasteiger partial charge in [0.2, 0.25) is 5.91 Å². The predicted molar refractivity (Wildman–Crippen MR) is 86.1 cm³/mol. The molecule has 1 aliphatic heterocycles. The van der Waals surface area contributed by atoms with Crippen molar-refractivity contribution in [3.8, 4) is 0 Å². The lowest BCUT2D eigenvalue weighted by molar-refractivity contribution is -0.128. The Bertz CT molecular complexity index is 476. The van der Waals surface area contributed by atoms with Gasteiger partial charge in [-0.05, 0) is 49.8 Å². The molecule has 1 amide bonds. The topological polar surface area (TPSA) is 32.3 Å². The molecule has 3 nitrogen and oxygen atoms in total. The van der Waals surface area contributed by atoms with Crippen LogP contribution in [-0.4, -0.2) is 23.4 Å². The number of nitrogens with zero attached hydrogens (tertiary/aromatic N) is 1. The zero-order valence-electron chi connectivity index (χ0n) is 13.0. The van der Waals surface area contributed by atoms with Gasteiger partial charge in [0.25, 0.3) is 0 Å². The molecular formula is C18H26N2O. The molecule has 1 saturated carbocycles. The fourth-order valence-electron chi connectivity index (χ4n) is 3.64. The van der Waals surface area contributed by atoms with E-state index < -0.39 is 0 Å². The van der Waals surface area contributed by atoms with Crippen molar-refractivity contribution in [3.63, 3.8) is 0 Å². The normalized spacial score (nSPS) is 21.0. The Kier molecular flexibility index (Phi) is 4.47. The third-order valence-electron chi connectivity index (χ3n) is 5.00. The Morgan fingerprint density at radius 1 is 1.19 bits per heavy atom. The van der Waals surface area contributed by atoms with Gasteiger partial charge in [0.1, 0.15) is 0 Å². The molecule has 1 unspecified atom stereocenters. The maximum atomic E-state index is 11.7. The molecule has 1 heterocycles. The van der Waals surface area contributed by atoms with Crippen LogP contribution in [0.5, 0.6) is 0 Å². The lowest BCUT2D eigenvalue weighted by Crippen LogP contribution is -2.24. The summed E-state index contributed by atoms with van der Waals surface area (Å²) in [6.07, 6.45) is 7.24. The third kappa shape index (κ3) is 3.58. The minimum absolute atomic E-state index is 0.298. The van der Waals surface area contributed by atoms with Gasteiger partial charge in [-0.25, -0.2) is 0 Å². The van der Waals surface area contributed by atoms with Crippen LogP contribution >= 0.6 is 0 Å². The molecule has 1 aromatic carbocycles. The minimum Gasteiger partial charge on any atom is -0.382 e. The van der Waals surface area contributed by atoms with Gasteiger partial charge >= 0.3 is 0 Å². The number of carbonyl (C=O) groups is 1. The predicted octanol–water partition coefficient (Wildman–Crippen LogP) is 3.80. The summed E-state index contributed by atoms with van der Waals surface area (Å²) in [5.41, 5.74) is 2.43. The highest BCUT2D eigenvalue weighted by Gasteiger charge is 2.22. The number of carbonyl (C=O) groups excluding carboxylic acids is 1. The summed E-state index contributed by atoms with van der Waals surface area (Å²) in [7, 11) is 0. The van der Waals surface area contributed by atoms with Gasteiger partial charge in [0.05, 0.1) is 0 Å². The van der Waals surface area contributed by atoms with Crippen molar-refractivity contribution >= 4 is 11.6 Å². The van der Waals surface area contributed by atoms with E-state index >= 15 is 0 Å². The van der Waals surface area contributed by atoms with Crippen LogP contribution in [0, 0.1) is 5.92 Å². The van der Waals surface area contributed by atoms with E-state index in [0.717, 1.165) is 31.8 Å². The maximum absolute atomic E-state index is 11.7. The average Bonchev–Trinajstić information content (AvgIpc) is 3.14. The number of hydrogen-bond donors (Lipinski definition) is 1. The van der Waals surface area contributed by atoms with Crippen molar-refractivity contribution in [2.24, 2.45) is 5.92 Å². The van der Waals surface area contributed by atoms with Gasteiger partial charge in [0, 0.05) is 31.2 Å². The first-order chi connectivity index (χ1) is 10.2. The molecule has 1 N–H and O–H groups in total. The molecule has 3 heteroatoms. The molecule has 0 aromatic heterocycles. The van der Waals surface area contributed by atoms with Crippen LogP contribution < -0.4 is 5.32 Å². The second kappa shape index (κ2) is 6.50. The van der Waals surface area contributed by atoms with Crippen molar-refractivity contribution in [2.75, 3.05) is 11.9 Å². The molecule has 1 aliphatic carbocycles. The first-order valence-corrected chi connectivity index (χ1v) is 8.35. The lowest BCUT2D eigenvalue weighted by Gasteiger charge is -2.22. The van der Waals surface area contributed by atoms with Crippen LogP contribution in [-0.2, 0) is 11.3 Å². The van der Waals surface area contributed by atoms with Gasteiger partial charge in [-0.3, -0.25) is 4.79 Å². The molecule has 1 atom stereocenters. The molecule has 0 spiro atoms. The first-order valence-electron chi connectivity index (χ1n) is 8.35. The Balaban J connectivity index is 1.54. The number of nitrogens with one attached hydrogen (secondary N) is 1. The van der Waals surface area contributed by atoms with E-state index in [2.05, 4.69) is 36.5 Å². The monoisotopic (exact) mass is 286 g/mol. The number of anilines is 1. The van der Waals surface area contributed by atoms with Gasteiger partial charge < -0.3 is 10.2 Å². The largest absolute Gasteiger partial charge is 0.382 e. The Morgan fingerprint density at radius 3 is 2.52 bits per heavy atom. The second-order valence-corrected chi connectivity index (χ2v) is 6.59. The Labute approximate surface area is 127 Å². The van der Waals surface area contributed by atoms with Crippen molar-refractivity contribution in [1.82, 2.24) is 4.90 Å². The van der Waals surface area contributed by atoms with Crippen LogP contribution in [0.15, 0.2) is 24.3 Å². The van der Waals surface area contributed by atoms with Crippen LogP contribution in [0.3, 0.4) is 0 Å². The first kappa shape index (κ1) is 14.4. The molecule has 21 heavy (non-hydrogen) atoms. The minimum atomic E-state index is 0.298. The van der Waals surface area contributed by atoms with E-state index in [1.807, 2.05) is 4.90 Å². The number of hydrogen-bond acceptors (Lipinski definition) is 2. The van der Waals surface area contributed by atoms with Crippen LogP contribution in [0.25, 0.3) is 0 Å². The third-order valence-corrected chi connectivity index (χ3v) is 5.00. The van der Waals surface area contributed by atoms with Crippen LogP contribution in [0.2, 0.25) is 0 Å². The highest BCUT2D eigenvalue weighted by molar-refractivity contribution is 5.78. The van der Waals surface area contributed by atoms with E-state index in [4.69, 9.17) is 0 Å². The van der Waals surface area contributed by atoms with Gasteiger partial charge in [0.15, 0.2) is 0 Å². The number of amides is 1. The van der Waals surface area contributed by atoms with E-state index in [0.29, 0.717) is 11.9 Å². The molecule has 1 saturated heterocycles. The molecular weight excluding hydrogens is 260 g/mol.